The van der Waals surface area contributed by atoms with Gasteiger partial charge in [0.05, 0.1) is 16.6 Å². The molecule has 5 heterocycles. The first kappa shape index (κ1) is 53.9. The second kappa shape index (κ2) is 20.7. The third-order valence-electron chi connectivity index (χ3n) is 18.5. The van der Waals surface area contributed by atoms with Crippen LogP contribution < -0.4 is 4.74 Å². The number of fused-ring (bicyclic) bond motifs is 10. The number of para-hydroxylation sites is 5. The fraction of sp³-hybridized carbons (Fsp3) is 0.205. The second-order valence-electron chi connectivity index (χ2n) is 28.7. The predicted molar refractivity (Wildman–Crippen MR) is 375 cm³/mol. The summed E-state index contributed by atoms with van der Waals surface area (Å²) in [5, 5.41) is 6.74. The molecule has 0 atom stereocenters. The van der Waals surface area contributed by atoms with Crippen molar-refractivity contribution in [3.05, 3.63) is 250 Å². The van der Waals surface area contributed by atoms with E-state index in [0.29, 0.717) is 22.9 Å². The van der Waals surface area contributed by atoms with Crippen LogP contribution in [-0.2, 0) is 41.0 Å². The van der Waals surface area contributed by atoms with E-state index >= 15 is 0 Å². The minimum absolute atomic E-state index is 0.0666. The summed E-state index contributed by atoms with van der Waals surface area (Å²) in [5.74, 6) is 1.81. The van der Waals surface area contributed by atoms with E-state index in [-0.39, 0.29) is 27.2 Å². The summed E-state index contributed by atoms with van der Waals surface area (Å²) in [6.07, 6.45) is 1.75. The third-order valence-corrected chi connectivity index (χ3v) is 19.6. The number of aromatic nitrogens is 5. The summed E-state index contributed by atoms with van der Waals surface area (Å²) in [7, 11) is 0. The quantitative estimate of drug-likeness (QED) is 0.152. The molecule has 0 N–H and O–H groups in total. The average molecular weight is 1360 g/mol. The van der Waals surface area contributed by atoms with E-state index in [1.165, 1.54) is 43.9 Å². The van der Waals surface area contributed by atoms with Gasteiger partial charge >= 0.3 is 371 Å². The van der Waals surface area contributed by atoms with Gasteiger partial charge in [-0.05, 0) is 35.0 Å². The minimum Gasteiger partial charge on any atom is -0.0579 e. The Morgan fingerprint density at radius 3 is 1.61 bits per heavy atom. The predicted octanol–water partition coefficient (Wildman–Crippen LogP) is 22.4. The molecule has 0 saturated heterocycles. The van der Waals surface area contributed by atoms with E-state index < -0.39 is 6.85 Å². The number of rotatable bonds is 8. The van der Waals surface area contributed by atoms with Crippen molar-refractivity contribution in [2.45, 2.75) is 112 Å². The van der Waals surface area contributed by atoms with Gasteiger partial charge in [-0.2, -0.15) is 0 Å². The van der Waals surface area contributed by atoms with Crippen molar-refractivity contribution in [2.75, 3.05) is 0 Å². The molecule has 15 aromatic rings. The Balaban J connectivity index is 0.933. The number of imidazole rings is 1. The van der Waals surface area contributed by atoms with E-state index in [1.807, 2.05) is 12.1 Å². The SMILES string of the molecule is [2H]C([2H])([2H])c1cc(-n2c3cc(Oc4cc(-n5[c](=[Pt])n(-c6c(-c7ccccc7)cccc6-c6cc(C(C)(C)C)cc(C(C)(C)C)c6)c6ccccc65)cc(C(C)(C)C)c4)ccc3c3cc4c5cccc6c7ccccc7n(c4cc32)c65)ncc1-c1ccc(C(C)(C)C)cc1. The van der Waals surface area contributed by atoms with E-state index in [0.717, 1.165) is 92.3 Å². The summed E-state index contributed by atoms with van der Waals surface area (Å²) in [6, 6.07) is 76.3. The van der Waals surface area contributed by atoms with Crippen LogP contribution in [-0.4, -0.2) is 23.1 Å². The van der Waals surface area contributed by atoms with Gasteiger partial charge in [0.1, 0.15) is 0 Å². The normalized spacial score (nSPS) is 13.4. The zero-order valence-electron chi connectivity index (χ0n) is 56.2. The second-order valence-corrected chi connectivity index (χ2v) is 29.7. The Kier molecular flexibility index (Phi) is 12.4. The number of nitrogens with zero attached hydrogens (tertiary/aromatic N) is 5. The van der Waals surface area contributed by atoms with Crippen LogP contribution >= 0.6 is 0 Å². The van der Waals surface area contributed by atoms with Crippen LogP contribution in [0.3, 0.4) is 0 Å². The first-order valence-corrected chi connectivity index (χ1v) is 32.5. The van der Waals surface area contributed by atoms with E-state index in [4.69, 9.17) is 13.8 Å². The molecule has 6 nitrogen and oxygen atoms in total. The summed E-state index contributed by atoms with van der Waals surface area (Å²) in [5.41, 5.74) is 19.9. The van der Waals surface area contributed by atoms with Crippen molar-refractivity contribution in [3.63, 3.8) is 0 Å². The van der Waals surface area contributed by atoms with Gasteiger partial charge in [-0.15, -0.1) is 0 Å². The molecule has 448 valence electrons. The van der Waals surface area contributed by atoms with Gasteiger partial charge in [0.25, 0.3) is 0 Å². The molecule has 0 bridgehead atoms. The van der Waals surface area contributed by atoms with Crippen molar-refractivity contribution in [1.29, 1.82) is 0 Å². The van der Waals surface area contributed by atoms with Crippen molar-refractivity contribution in [3.8, 4) is 62.1 Å². The van der Waals surface area contributed by atoms with Crippen molar-refractivity contribution in [2.24, 2.45) is 0 Å². The number of ether oxygens (including phenoxy) is 1. The summed E-state index contributed by atoms with van der Waals surface area (Å²) >= 11 is 2.55. The number of pyridine rings is 1. The van der Waals surface area contributed by atoms with Crippen LogP contribution in [0.2, 0.25) is 0 Å². The molecule has 5 aromatic heterocycles. The first-order valence-electron chi connectivity index (χ1n) is 32.8. The summed E-state index contributed by atoms with van der Waals surface area (Å²) < 4.78 is 44.9. The van der Waals surface area contributed by atoms with E-state index in [1.54, 1.807) is 12.3 Å². The Labute approximate surface area is 542 Å². The van der Waals surface area contributed by atoms with Crippen LogP contribution in [0.5, 0.6) is 11.5 Å². The molecule has 0 aliphatic carbocycles. The molecule has 0 saturated carbocycles. The summed E-state index contributed by atoms with van der Waals surface area (Å²) in [4.78, 5) is 5.24. The number of hydrogen-bond donors (Lipinski definition) is 0. The number of hydrogen-bond acceptors (Lipinski definition) is 2. The van der Waals surface area contributed by atoms with Gasteiger partial charge in [0.15, 0.2) is 0 Å². The Morgan fingerprint density at radius 1 is 0.378 bits per heavy atom. The fourth-order valence-electron chi connectivity index (χ4n) is 13.6. The van der Waals surface area contributed by atoms with Crippen LogP contribution in [0.25, 0.3) is 122 Å². The molecular weight excluding hydrogens is 1280 g/mol. The smallest absolute Gasteiger partial charge is 0.0579 e. The molecule has 10 aromatic carbocycles. The molecule has 0 unspecified atom stereocenters. The molecule has 90 heavy (non-hydrogen) atoms. The Bertz CT molecular complexity index is 5550. The molecule has 0 aliphatic heterocycles. The van der Waals surface area contributed by atoms with Crippen LogP contribution in [0.1, 0.15) is 115 Å². The molecule has 0 fully saturated rings. The standard InChI is InChI=1S/C83H75N5O.Pt/c1-51-39-77(84-49-70(51)53-33-35-55(36-34-53)80(2,3)4)87-74-46-60(37-38-65(74)68-47-69-67-29-22-28-66-64-25-17-18-30-71(64)88(79(66)67)76(69)48-75(68)87)89-61-44-58(83(11,12)13)43-59(45-61)85-50-86(73-32-20-19-31-72(73)85)78-62(52-23-15-14-16-24-52)26-21-27-63(78)54-40-56(81(5,6)7)42-57(41-54)82(8,9)10;/h14-49H,1-13H3;/i1D3;. The summed E-state index contributed by atoms with van der Waals surface area (Å²) in [6.45, 7) is 24.7. The number of benzene rings is 10. The Morgan fingerprint density at radius 2 is 0.933 bits per heavy atom. The van der Waals surface area contributed by atoms with E-state index in [2.05, 4.69) is 315 Å². The molecule has 0 spiro atoms. The average Bonchev–Trinajstić information content (AvgIpc) is 1.54. The zero-order valence-corrected chi connectivity index (χ0v) is 55.5. The maximum absolute atomic E-state index is 9.06. The van der Waals surface area contributed by atoms with Crippen molar-refractivity contribution < 1.29 is 28.2 Å². The van der Waals surface area contributed by atoms with Gasteiger partial charge in [-0.3, -0.25) is 0 Å². The van der Waals surface area contributed by atoms with Crippen LogP contribution in [0, 0.1) is 10.7 Å². The van der Waals surface area contributed by atoms with Gasteiger partial charge in [0, 0.05) is 37.4 Å². The van der Waals surface area contributed by atoms with Gasteiger partial charge in [-0.25, -0.2) is 0 Å². The van der Waals surface area contributed by atoms with Gasteiger partial charge in [0.2, 0.25) is 0 Å². The molecule has 15 rings (SSSR count). The van der Waals surface area contributed by atoms with Crippen molar-refractivity contribution >= 4 is 70.9 Å². The zero-order chi connectivity index (χ0) is 65.0. The Hall–Kier alpha value is -9.09. The molecule has 0 aliphatic rings. The third kappa shape index (κ3) is 9.47. The maximum atomic E-state index is 9.06. The molecule has 0 radical (unpaired) electrons. The molecule has 0 amide bonds. The molecular formula is C83H75N5OPt. The fourth-order valence-corrected chi connectivity index (χ4v) is 14.7. The monoisotopic (exact) mass is 1360 g/mol. The van der Waals surface area contributed by atoms with Crippen LogP contribution in [0.4, 0.5) is 0 Å². The van der Waals surface area contributed by atoms with Crippen molar-refractivity contribution in [1.82, 2.24) is 23.1 Å². The molecule has 7 heteroatoms. The topological polar surface area (TPSA) is 41.3 Å². The van der Waals surface area contributed by atoms with Gasteiger partial charge in [-0.1, -0.05) is 81.4 Å². The van der Waals surface area contributed by atoms with E-state index in [9.17, 15) is 0 Å². The van der Waals surface area contributed by atoms with Crippen LogP contribution in [0.15, 0.2) is 219 Å². The van der Waals surface area contributed by atoms with Gasteiger partial charge < -0.3 is 4.40 Å². The minimum atomic E-state index is -2.46. The first-order chi connectivity index (χ1) is 44.2. The number of aryl methyl sites for hydroxylation is 1.